The van der Waals surface area contributed by atoms with E-state index in [9.17, 15) is 19.2 Å². The van der Waals surface area contributed by atoms with E-state index in [1.807, 2.05) is 48.6 Å². The topological polar surface area (TPSA) is 153 Å². The minimum Gasteiger partial charge on any atom is -0.444 e. The highest BCUT2D eigenvalue weighted by molar-refractivity contribution is 8.19. The maximum absolute atomic E-state index is 12.7. The molecule has 0 aromatic carbocycles. The number of ether oxygens (including phenoxy) is 1. The van der Waals surface area contributed by atoms with E-state index in [0.29, 0.717) is 24.8 Å². The van der Waals surface area contributed by atoms with Crippen LogP contribution in [-0.4, -0.2) is 70.0 Å². The van der Waals surface area contributed by atoms with Gasteiger partial charge in [-0.2, -0.15) is 23.5 Å². The van der Waals surface area contributed by atoms with E-state index in [1.165, 1.54) is 55.7 Å². The first-order chi connectivity index (χ1) is 26.2. The number of nitrogens with one attached hydrogen (secondary N) is 3. The van der Waals surface area contributed by atoms with E-state index in [2.05, 4.69) is 60.3 Å². The Morgan fingerprint density at radius 3 is 2.07 bits per heavy atom. The fourth-order valence-corrected chi connectivity index (χ4v) is 8.15. The quantitative estimate of drug-likeness (QED) is 0.120. The van der Waals surface area contributed by atoms with Gasteiger partial charge in [0, 0.05) is 40.7 Å². The monoisotopic (exact) mass is 808 g/mol. The van der Waals surface area contributed by atoms with E-state index in [4.69, 9.17) is 4.74 Å². The molecule has 0 spiro atoms. The molecule has 316 valence electrons. The number of allylic oxidation sites excluding steroid dienone is 1. The fraction of sp³-hybridized carbons (Fsp3) is 0.698. The molecule has 3 rings (SSSR count). The van der Waals surface area contributed by atoms with E-state index in [0.717, 1.165) is 31.4 Å². The predicted octanol–water partition coefficient (Wildman–Crippen LogP) is 9.10. The third kappa shape index (κ3) is 28.3. The van der Waals surface area contributed by atoms with Crippen LogP contribution in [0.25, 0.3) is 0 Å². The summed E-state index contributed by atoms with van der Waals surface area (Å²) in [6, 6.07) is 5.01. The maximum atomic E-state index is 12.7. The normalized spacial score (nSPS) is 16.3. The zero-order valence-electron chi connectivity index (χ0n) is 35.8. The number of rotatable bonds is 16. The highest BCUT2D eigenvalue weighted by Crippen LogP contribution is 2.29. The molecular weight excluding hydrogens is 731 g/mol. The summed E-state index contributed by atoms with van der Waals surface area (Å²) in [6.45, 7) is 25.1. The van der Waals surface area contributed by atoms with Gasteiger partial charge in [-0.3, -0.25) is 19.4 Å². The van der Waals surface area contributed by atoms with Crippen LogP contribution in [0.5, 0.6) is 0 Å². The zero-order valence-corrected chi connectivity index (χ0v) is 37.4. The Bertz CT molecular complexity index is 1170. The highest BCUT2D eigenvalue weighted by Gasteiger charge is 2.26. The van der Waals surface area contributed by atoms with E-state index < -0.39 is 17.7 Å². The summed E-state index contributed by atoms with van der Waals surface area (Å²) in [5.74, 6) is 3.86. The van der Waals surface area contributed by atoms with Crippen molar-refractivity contribution in [2.45, 2.75) is 144 Å². The Hall–Kier alpha value is -2.83. The van der Waals surface area contributed by atoms with E-state index >= 15 is 0 Å². The average Bonchev–Trinajstić information content (AvgIpc) is 3.77. The SMILES string of the molecule is C1CSCS1.C=C.C=CCC(CC[C@H](CC1CCCCC1)NC(=O)[C@H](C)NC(=O)OC(C)(C)C)C(C)=O.CC[C@@H](C)C(C)C(=O)NCc1ccccn1.CN. The highest BCUT2D eigenvalue weighted by atomic mass is 32.2. The van der Waals surface area contributed by atoms with Crippen LogP contribution in [0.2, 0.25) is 0 Å². The van der Waals surface area contributed by atoms with E-state index in [-0.39, 0.29) is 35.5 Å². The third-order valence-corrected chi connectivity index (χ3v) is 11.9. The van der Waals surface area contributed by atoms with Gasteiger partial charge in [0.2, 0.25) is 11.8 Å². The number of aromatic nitrogens is 1. The van der Waals surface area contributed by atoms with Gasteiger partial charge in [-0.1, -0.05) is 71.4 Å². The molecule has 2 heterocycles. The maximum Gasteiger partial charge on any atom is 0.408 e. The van der Waals surface area contributed by atoms with Gasteiger partial charge < -0.3 is 26.4 Å². The van der Waals surface area contributed by atoms with Crippen molar-refractivity contribution < 1.29 is 23.9 Å². The van der Waals surface area contributed by atoms with Crippen molar-refractivity contribution in [3.8, 4) is 0 Å². The van der Waals surface area contributed by atoms with Gasteiger partial charge in [-0.15, -0.1) is 19.7 Å². The Morgan fingerprint density at radius 2 is 1.60 bits per heavy atom. The second kappa shape index (κ2) is 33.3. The van der Waals surface area contributed by atoms with Crippen molar-refractivity contribution in [1.82, 2.24) is 20.9 Å². The van der Waals surface area contributed by atoms with Crippen LogP contribution >= 0.6 is 23.5 Å². The van der Waals surface area contributed by atoms with Crippen molar-refractivity contribution in [2.75, 3.05) is 23.6 Å². The number of thioether (sulfide) groups is 2. The number of nitrogens with two attached hydrogens (primary N) is 1. The molecule has 0 bridgehead atoms. The lowest BCUT2D eigenvalue weighted by Crippen LogP contribution is -2.49. The molecule has 2 unspecified atom stereocenters. The number of nitrogens with zero attached hydrogens (tertiary/aromatic N) is 1. The van der Waals surface area contributed by atoms with Crippen LogP contribution in [0.15, 0.2) is 50.2 Å². The Labute approximate surface area is 343 Å². The summed E-state index contributed by atoms with van der Waals surface area (Å²) in [6.07, 6.45) is 13.2. The number of Topliss-reactive ketones (excluding diaryl/α,β-unsaturated/α-hetero) is 1. The predicted molar refractivity (Wildman–Crippen MR) is 236 cm³/mol. The molecule has 1 aromatic rings. The average molecular weight is 808 g/mol. The van der Waals surface area contributed by atoms with Crippen LogP contribution in [-0.2, 0) is 25.7 Å². The largest absolute Gasteiger partial charge is 0.444 e. The lowest BCUT2D eigenvalue weighted by Gasteiger charge is -2.29. The van der Waals surface area contributed by atoms with Crippen molar-refractivity contribution in [3.63, 3.8) is 0 Å². The molecular formula is C43H77N5O5S2. The first-order valence-corrected chi connectivity index (χ1v) is 22.3. The number of alkyl carbamates (subject to hydrolysis) is 1. The lowest BCUT2D eigenvalue weighted by atomic mass is 9.83. The van der Waals surface area contributed by atoms with Crippen molar-refractivity contribution in [3.05, 3.63) is 55.9 Å². The summed E-state index contributed by atoms with van der Waals surface area (Å²) in [4.78, 5) is 52.6. The molecule has 2 fully saturated rings. The third-order valence-electron chi connectivity index (χ3n) is 9.32. The minimum atomic E-state index is -0.689. The van der Waals surface area contributed by atoms with Crippen LogP contribution in [0.3, 0.4) is 0 Å². The van der Waals surface area contributed by atoms with Crippen molar-refractivity contribution >= 4 is 47.2 Å². The van der Waals surface area contributed by atoms with Gasteiger partial charge in [0.05, 0.1) is 12.2 Å². The first kappa shape index (κ1) is 54.3. The van der Waals surface area contributed by atoms with Crippen molar-refractivity contribution in [1.29, 1.82) is 0 Å². The summed E-state index contributed by atoms with van der Waals surface area (Å²) in [5.41, 5.74) is 4.78. The number of carbonyl (C=O) groups excluding carboxylic acids is 4. The number of hydrogen-bond donors (Lipinski definition) is 4. The fourth-order valence-electron chi connectivity index (χ4n) is 5.79. The molecule has 0 radical (unpaired) electrons. The number of pyridine rings is 1. The van der Waals surface area contributed by atoms with Gasteiger partial charge in [0.1, 0.15) is 17.4 Å². The zero-order chi connectivity index (χ0) is 42.2. The second-order valence-corrected chi connectivity index (χ2v) is 17.4. The molecule has 1 aromatic heterocycles. The van der Waals surface area contributed by atoms with Gasteiger partial charge >= 0.3 is 6.09 Å². The molecule has 1 saturated carbocycles. The minimum absolute atomic E-state index is 0.00449. The Kier molecular flexibility index (Phi) is 32.9. The Morgan fingerprint density at radius 1 is 0.982 bits per heavy atom. The number of ketones is 1. The first-order valence-electron chi connectivity index (χ1n) is 20.0. The van der Waals surface area contributed by atoms with Gasteiger partial charge in [0.25, 0.3) is 0 Å². The molecule has 12 heteroatoms. The molecule has 55 heavy (non-hydrogen) atoms. The summed E-state index contributed by atoms with van der Waals surface area (Å²) in [5, 5.41) is 9.98. The van der Waals surface area contributed by atoms with Crippen LogP contribution in [0.1, 0.15) is 125 Å². The molecule has 2 aliphatic rings. The van der Waals surface area contributed by atoms with Gasteiger partial charge in [-0.25, -0.2) is 4.79 Å². The smallest absolute Gasteiger partial charge is 0.408 e. The summed E-state index contributed by atoms with van der Waals surface area (Å²) >= 11 is 4.07. The van der Waals surface area contributed by atoms with Crippen molar-refractivity contribution in [2.24, 2.45) is 29.4 Å². The number of carbonyl (C=O) groups is 4. The molecule has 1 aliphatic carbocycles. The molecule has 1 saturated heterocycles. The molecule has 1 aliphatic heterocycles. The summed E-state index contributed by atoms with van der Waals surface area (Å²) in [7, 11) is 1.50. The molecule has 10 nitrogen and oxygen atoms in total. The van der Waals surface area contributed by atoms with Gasteiger partial charge in [-0.05, 0) is 91.3 Å². The molecule has 5 atom stereocenters. The second-order valence-electron chi connectivity index (χ2n) is 14.9. The number of amides is 3. The van der Waals surface area contributed by atoms with Crippen LogP contribution < -0.4 is 21.7 Å². The Balaban J connectivity index is 0. The summed E-state index contributed by atoms with van der Waals surface area (Å²) < 4.78 is 5.24. The van der Waals surface area contributed by atoms with Crippen LogP contribution in [0.4, 0.5) is 4.79 Å². The lowest BCUT2D eigenvalue weighted by molar-refractivity contribution is -0.126. The molecule has 5 N–H and O–H groups in total. The van der Waals surface area contributed by atoms with Crippen LogP contribution in [0, 0.1) is 23.7 Å². The van der Waals surface area contributed by atoms with E-state index in [1.54, 1.807) is 46.9 Å². The van der Waals surface area contributed by atoms with Gasteiger partial charge in [0.15, 0.2) is 0 Å². The standard InChI is InChI=1S/C24H42N2O4.C13H20N2O.C3H6S2.C2H4.CH5N/c1-7-11-20(18(3)27)14-15-21(16-19-12-9-8-10-13-19)26-22(28)17(2)25-23(29)30-24(4,5)6;1-4-10(2)11(3)13(16)15-9-12-7-5-6-8-14-12;1-2-5-3-4-1;2*1-2/h7,17,19-21H,1,8-16H2,2-6H3,(H,25,29)(H,26,28);5-8,10-11H,4,9H2,1-3H3,(H,15,16);1-3H2;1-2H2;2H2,1H3/t17-,20?,21+;10-,11?;;;/m01.../s1. The number of hydrogen-bond acceptors (Lipinski definition) is 9. The molecule has 3 amide bonds.